The average Bonchev–Trinajstić information content (AvgIpc) is 2.16. The largest absolute Gasteiger partial charge is 0.370 e. The van der Waals surface area contributed by atoms with Gasteiger partial charge in [0.2, 0.25) is 5.91 Å². The topological polar surface area (TPSA) is 72.2 Å². The second-order valence-electron chi connectivity index (χ2n) is 3.52. The SMILES string of the molecule is CC(CC(N)=O)NC(=O)c1ccccc1F. The standard InChI is InChI=1S/C11H13FN2O2/c1-7(6-10(13)15)14-11(16)8-4-2-3-5-9(8)12/h2-5,7H,6H2,1H3,(H2,13,15)(H,14,16). The molecule has 0 spiro atoms. The highest BCUT2D eigenvalue weighted by Gasteiger charge is 2.14. The molecule has 1 aromatic rings. The Balaban J connectivity index is 2.66. The third-order valence-electron chi connectivity index (χ3n) is 2.00. The Morgan fingerprint density at radius 1 is 1.44 bits per heavy atom. The van der Waals surface area contributed by atoms with E-state index in [0.29, 0.717) is 0 Å². The Morgan fingerprint density at radius 2 is 2.06 bits per heavy atom. The van der Waals surface area contributed by atoms with Gasteiger partial charge in [0, 0.05) is 12.5 Å². The molecular weight excluding hydrogens is 211 g/mol. The lowest BCUT2D eigenvalue weighted by atomic mass is 10.1. The quantitative estimate of drug-likeness (QED) is 0.794. The van der Waals surface area contributed by atoms with Crippen LogP contribution in [0.1, 0.15) is 23.7 Å². The van der Waals surface area contributed by atoms with Gasteiger partial charge in [-0.2, -0.15) is 0 Å². The van der Waals surface area contributed by atoms with Crippen molar-refractivity contribution in [3.05, 3.63) is 35.6 Å². The van der Waals surface area contributed by atoms with E-state index in [1.165, 1.54) is 18.2 Å². The first-order valence-corrected chi connectivity index (χ1v) is 4.84. The van der Waals surface area contributed by atoms with Crippen molar-refractivity contribution in [1.82, 2.24) is 5.32 Å². The summed E-state index contributed by atoms with van der Waals surface area (Å²) < 4.78 is 13.2. The van der Waals surface area contributed by atoms with Crippen molar-refractivity contribution in [3.8, 4) is 0 Å². The number of rotatable bonds is 4. The summed E-state index contributed by atoms with van der Waals surface area (Å²) in [7, 11) is 0. The summed E-state index contributed by atoms with van der Waals surface area (Å²) in [5.41, 5.74) is 4.93. The van der Waals surface area contributed by atoms with Gasteiger partial charge in [-0.25, -0.2) is 4.39 Å². The number of benzene rings is 1. The normalized spacial score (nSPS) is 11.9. The lowest BCUT2D eigenvalue weighted by Crippen LogP contribution is -2.36. The minimum atomic E-state index is -0.591. The van der Waals surface area contributed by atoms with Crippen LogP contribution < -0.4 is 11.1 Å². The van der Waals surface area contributed by atoms with Crippen molar-refractivity contribution >= 4 is 11.8 Å². The fourth-order valence-electron chi connectivity index (χ4n) is 1.30. The van der Waals surface area contributed by atoms with Gasteiger partial charge < -0.3 is 11.1 Å². The van der Waals surface area contributed by atoms with E-state index in [0.717, 1.165) is 0 Å². The molecule has 0 heterocycles. The molecule has 0 aliphatic rings. The van der Waals surface area contributed by atoms with Gasteiger partial charge in [0.05, 0.1) is 5.56 Å². The predicted octanol–water partition coefficient (Wildman–Crippen LogP) is 0.819. The smallest absolute Gasteiger partial charge is 0.254 e. The molecule has 0 aliphatic carbocycles. The van der Waals surface area contributed by atoms with Crippen molar-refractivity contribution in [3.63, 3.8) is 0 Å². The van der Waals surface area contributed by atoms with Crippen LogP contribution in [-0.2, 0) is 4.79 Å². The highest BCUT2D eigenvalue weighted by atomic mass is 19.1. The Labute approximate surface area is 92.6 Å². The summed E-state index contributed by atoms with van der Waals surface area (Å²) >= 11 is 0. The number of hydrogen-bond acceptors (Lipinski definition) is 2. The Kier molecular flexibility index (Phi) is 3.99. The second-order valence-corrected chi connectivity index (χ2v) is 3.52. The maximum Gasteiger partial charge on any atom is 0.254 e. The molecule has 0 saturated carbocycles. The predicted molar refractivity (Wildman–Crippen MR) is 57.1 cm³/mol. The van der Waals surface area contributed by atoms with Gasteiger partial charge >= 0.3 is 0 Å². The molecule has 1 rings (SSSR count). The molecule has 3 N–H and O–H groups in total. The number of primary amides is 1. The van der Waals surface area contributed by atoms with Gasteiger partial charge in [0.1, 0.15) is 5.82 Å². The van der Waals surface area contributed by atoms with Gasteiger partial charge in [-0.1, -0.05) is 12.1 Å². The molecule has 0 saturated heterocycles. The molecule has 2 amide bonds. The zero-order chi connectivity index (χ0) is 12.1. The number of carbonyl (C=O) groups excluding carboxylic acids is 2. The monoisotopic (exact) mass is 224 g/mol. The molecule has 1 unspecified atom stereocenters. The minimum Gasteiger partial charge on any atom is -0.370 e. The van der Waals surface area contributed by atoms with Crippen molar-refractivity contribution in [1.29, 1.82) is 0 Å². The van der Waals surface area contributed by atoms with Crippen molar-refractivity contribution < 1.29 is 14.0 Å². The molecule has 0 fully saturated rings. The molecule has 0 bridgehead atoms. The third kappa shape index (κ3) is 3.34. The van der Waals surface area contributed by atoms with Crippen LogP contribution in [0.3, 0.4) is 0 Å². The summed E-state index contributed by atoms with van der Waals surface area (Å²) in [5.74, 6) is -1.65. The molecule has 16 heavy (non-hydrogen) atoms. The van der Waals surface area contributed by atoms with Crippen LogP contribution in [0.2, 0.25) is 0 Å². The summed E-state index contributed by atoms with van der Waals surface area (Å²) in [4.78, 5) is 22.1. The van der Waals surface area contributed by atoms with Gasteiger partial charge in [-0.05, 0) is 19.1 Å². The molecule has 1 atom stereocenters. The summed E-state index contributed by atoms with van der Waals surface area (Å²) in [5, 5.41) is 2.49. The average molecular weight is 224 g/mol. The van der Waals surface area contributed by atoms with Crippen LogP contribution in [0.25, 0.3) is 0 Å². The molecule has 4 nitrogen and oxygen atoms in total. The van der Waals surface area contributed by atoms with Crippen LogP contribution in [0.5, 0.6) is 0 Å². The molecule has 1 aromatic carbocycles. The number of nitrogens with one attached hydrogen (secondary N) is 1. The number of halogens is 1. The van der Waals surface area contributed by atoms with E-state index >= 15 is 0 Å². The summed E-state index contributed by atoms with van der Waals surface area (Å²) in [6.45, 7) is 1.63. The lowest BCUT2D eigenvalue weighted by molar-refractivity contribution is -0.118. The van der Waals surface area contributed by atoms with Gasteiger partial charge in [0.15, 0.2) is 0 Å². The van der Waals surface area contributed by atoms with Crippen molar-refractivity contribution in [2.45, 2.75) is 19.4 Å². The van der Waals surface area contributed by atoms with Crippen LogP contribution in [0, 0.1) is 5.82 Å². The molecule has 0 aliphatic heterocycles. The fourth-order valence-corrected chi connectivity index (χ4v) is 1.30. The maximum absolute atomic E-state index is 13.2. The van der Waals surface area contributed by atoms with Gasteiger partial charge in [-0.15, -0.1) is 0 Å². The van der Waals surface area contributed by atoms with Crippen LogP contribution >= 0.6 is 0 Å². The zero-order valence-corrected chi connectivity index (χ0v) is 8.87. The van der Waals surface area contributed by atoms with Crippen LogP contribution in [0.4, 0.5) is 4.39 Å². The molecule has 5 heteroatoms. The van der Waals surface area contributed by atoms with E-state index in [-0.39, 0.29) is 12.0 Å². The van der Waals surface area contributed by atoms with Crippen molar-refractivity contribution in [2.24, 2.45) is 5.73 Å². The van der Waals surface area contributed by atoms with E-state index in [9.17, 15) is 14.0 Å². The molecule has 0 radical (unpaired) electrons. The Morgan fingerprint density at radius 3 is 2.62 bits per heavy atom. The Hall–Kier alpha value is -1.91. The van der Waals surface area contributed by atoms with Gasteiger partial charge in [0.25, 0.3) is 5.91 Å². The number of carbonyl (C=O) groups is 2. The molecule has 0 aromatic heterocycles. The number of hydrogen-bond donors (Lipinski definition) is 2. The highest BCUT2D eigenvalue weighted by molar-refractivity contribution is 5.94. The third-order valence-corrected chi connectivity index (χ3v) is 2.00. The molecular formula is C11H13FN2O2. The van der Waals surface area contributed by atoms with E-state index in [2.05, 4.69) is 5.32 Å². The molecule has 86 valence electrons. The number of nitrogens with two attached hydrogens (primary N) is 1. The number of amides is 2. The first-order valence-electron chi connectivity index (χ1n) is 4.84. The van der Waals surface area contributed by atoms with E-state index < -0.39 is 23.7 Å². The van der Waals surface area contributed by atoms with E-state index in [1.807, 2.05) is 0 Å². The summed E-state index contributed by atoms with van der Waals surface area (Å²) in [6, 6.07) is 5.23. The minimum absolute atomic E-state index is 0.0280. The first-order chi connectivity index (χ1) is 7.50. The van der Waals surface area contributed by atoms with Gasteiger partial charge in [-0.3, -0.25) is 9.59 Å². The highest BCUT2D eigenvalue weighted by Crippen LogP contribution is 2.06. The maximum atomic E-state index is 13.2. The van der Waals surface area contributed by atoms with Crippen LogP contribution in [-0.4, -0.2) is 17.9 Å². The van der Waals surface area contributed by atoms with Crippen molar-refractivity contribution in [2.75, 3.05) is 0 Å². The Bertz CT molecular complexity index is 407. The zero-order valence-electron chi connectivity index (χ0n) is 8.87. The van der Waals surface area contributed by atoms with Crippen LogP contribution in [0.15, 0.2) is 24.3 Å². The summed E-state index contributed by atoms with van der Waals surface area (Å²) in [6.07, 6.45) is 0.0280. The van der Waals surface area contributed by atoms with E-state index in [4.69, 9.17) is 5.73 Å². The fraction of sp³-hybridized carbons (Fsp3) is 0.273. The van der Waals surface area contributed by atoms with E-state index in [1.54, 1.807) is 13.0 Å². The lowest BCUT2D eigenvalue weighted by Gasteiger charge is -2.12. The second kappa shape index (κ2) is 5.25. The first kappa shape index (κ1) is 12.2.